The molecule has 3 rings (SSSR count). The lowest BCUT2D eigenvalue weighted by molar-refractivity contribution is 0.112. The minimum absolute atomic E-state index is 0.180. The highest BCUT2D eigenvalue weighted by atomic mass is 16.1. The summed E-state index contributed by atoms with van der Waals surface area (Å²) >= 11 is 0. The van der Waals surface area contributed by atoms with Crippen LogP contribution in [0.4, 0.5) is 5.69 Å². The molecule has 0 aliphatic carbocycles. The van der Waals surface area contributed by atoms with E-state index in [0.717, 1.165) is 37.1 Å². The van der Waals surface area contributed by atoms with Crippen molar-refractivity contribution >= 4 is 22.9 Å². The van der Waals surface area contributed by atoms with Gasteiger partial charge >= 0.3 is 0 Å². The highest BCUT2D eigenvalue weighted by Crippen LogP contribution is 2.22. The van der Waals surface area contributed by atoms with Gasteiger partial charge in [0.2, 0.25) is 0 Å². The number of aromatic nitrogens is 1. The zero-order chi connectivity index (χ0) is 16.1. The smallest absolute Gasteiger partial charge is 0.261 e. The molecule has 0 spiro atoms. The summed E-state index contributed by atoms with van der Waals surface area (Å²) < 4.78 is 0. The first-order chi connectivity index (χ1) is 11.3. The second-order valence-corrected chi connectivity index (χ2v) is 6.09. The number of aldehydes is 1. The number of hydrogen-bond donors (Lipinski definition) is 2. The van der Waals surface area contributed by atoms with Crippen LogP contribution in [0.1, 0.15) is 36.0 Å². The van der Waals surface area contributed by atoms with Crippen molar-refractivity contribution in [1.29, 1.82) is 0 Å². The summed E-state index contributed by atoms with van der Waals surface area (Å²) in [6.07, 6.45) is 5.79. The number of carbonyl (C=O) groups is 1. The van der Waals surface area contributed by atoms with Gasteiger partial charge in [-0.05, 0) is 32.0 Å². The van der Waals surface area contributed by atoms with Gasteiger partial charge in [0.1, 0.15) is 5.56 Å². The molecule has 1 aromatic carbocycles. The van der Waals surface area contributed by atoms with Crippen molar-refractivity contribution in [1.82, 2.24) is 9.88 Å². The third-order valence-corrected chi connectivity index (χ3v) is 4.50. The number of nitrogens with zero attached hydrogens (tertiary/aromatic N) is 1. The van der Waals surface area contributed by atoms with Crippen molar-refractivity contribution in [2.24, 2.45) is 0 Å². The number of benzene rings is 1. The van der Waals surface area contributed by atoms with Crippen molar-refractivity contribution in [3.8, 4) is 0 Å². The van der Waals surface area contributed by atoms with E-state index < -0.39 is 0 Å². The molecule has 1 fully saturated rings. The summed E-state index contributed by atoms with van der Waals surface area (Å²) in [7, 11) is 0. The van der Waals surface area contributed by atoms with E-state index in [1.54, 1.807) is 0 Å². The number of aromatic amines is 1. The van der Waals surface area contributed by atoms with Crippen LogP contribution in [0.5, 0.6) is 0 Å². The normalized spacial score (nSPS) is 16.2. The summed E-state index contributed by atoms with van der Waals surface area (Å²) in [6, 6.07) is 7.56. The quantitative estimate of drug-likeness (QED) is 0.833. The Labute approximate surface area is 135 Å². The minimum Gasteiger partial charge on any atom is -0.382 e. The van der Waals surface area contributed by atoms with Crippen LogP contribution < -0.4 is 10.9 Å². The molecule has 2 aromatic rings. The summed E-state index contributed by atoms with van der Waals surface area (Å²) in [5, 5.41) is 4.20. The molecule has 2 N–H and O–H groups in total. The summed E-state index contributed by atoms with van der Waals surface area (Å²) in [5.74, 6) is 0. The Hall–Kier alpha value is -2.14. The first kappa shape index (κ1) is 15.7. The second-order valence-electron chi connectivity index (χ2n) is 6.09. The highest BCUT2D eigenvalue weighted by Gasteiger charge is 2.13. The fraction of sp³-hybridized carbons (Fsp3) is 0.444. The van der Waals surface area contributed by atoms with E-state index in [-0.39, 0.29) is 11.1 Å². The molecule has 0 saturated carbocycles. The molecule has 1 saturated heterocycles. The Morgan fingerprint density at radius 2 is 1.87 bits per heavy atom. The summed E-state index contributed by atoms with van der Waals surface area (Å²) in [6.45, 7) is 3.93. The maximum absolute atomic E-state index is 12.1. The lowest BCUT2D eigenvalue weighted by Crippen LogP contribution is -2.30. The maximum atomic E-state index is 12.1. The fourth-order valence-electron chi connectivity index (χ4n) is 3.26. The predicted molar refractivity (Wildman–Crippen MR) is 93.4 cm³/mol. The average Bonchev–Trinajstić information content (AvgIpc) is 2.83. The van der Waals surface area contributed by atoms with Crippen molar-refractivity contribution < 1.29 is 4.79 Å². The van der Waals surface area contributed by atoms with Crippen molar-refractivity contribution in [2.45, 2.75) is 25.7 Å². The monoisotopic (exact) mass is 313 g/mol. The zero-order valence-electron chi connectivity index (χ0n) is 13.3. The van der Waals surface area contributed by atoms with Crippen molar-refractivity contribution in [3.05, 3.63) is 40.2 Å². The lowest BCUT2D eigenvalue weighted by atomic mass is 10.1. The molecule has 5 nitrogen and oxygen atoms in total. The number of hydrogen-bond acceptors (Lipinski definition) is 4. The molecule has 5 heteroatoms. The molecule has 1 aliphatic rings. The van der Waals surface area contributed by atoms with Crippen LogP contribution in [0.2, 0.25) is 0 Å². The number of anilines is 1. The molecular formula is C18H23N3O2. The molecule has 0 radical (unpaired) electrons. The molecule has 2 heterocycles. The van der Waals surface area contributed by atoms with Crippen LogP contribution in [-0.2, 0) is 0 Å². The predicted octanol–water partition coefficient (Wildman–Crippen LogP) is 2.63. The van der Waals surface area contributed by atoms with Crippen LogP contribution in [0, 0.1) is 0 Å². The van der Waals surface area contributed by atoms with Crippen LogP contribution >= 0.6 is 0 Å². The molecule has 23 heavy (non-hydrogen) atoms. The summed E-state index contributed by atoms with van der Waals surface area (Å²) in [5.41, 5.74) is 1.24. The Kier molecular flexibility index (Phi) is 5.08. The number of H-pyrrole nitrogens is 1. The number of carbonyl (C=O) groups excluding carboxylic acids is 1. The van der Waals surface area contributed by atoms with Gasteiger partial charge in [-0.1, -0.05) is 31.0 Å². The molecule has 0 amide bonds. The second kappa shape index (κ2) is 7.42. The van der Waals surface area contributed by atoms with E-state index in [9.17, 15) is 9.59 Å². The first-order valence-electron chi connectivity index (χ1n) is 8.36. The van der Waals surface area contributed by atoms with Gasteiger partial charge in [0.25, 0.3) is 5.56 Å². The van der Waals surface area contributed by atoms with Gasteiger partial charge in [0.05, 0.1) is 11.2 Å². The van der Waals surface area contributed by atoms with Crippen LogP contribution in [0.3, 0.4) is 0 Å². The van der Waals surface area contributed by atoms with E-state index in [2.05, 4.69) is 15.2 Å². The number of para-hydroxylation sites is 1. The minimum atomic E-state index is -0.337. The van der Waals surface area contributed by atoms with Crippen LogP contribution in [0.15, 0.2) is 29.1 Å². The van der Waals surface area contributed by atoms with E-state index in [1.165, 1.54) is 25.7 Å². The van der Waals surface area contributed by atoms with Gasteiger partial charge in [-0.15, -0.1) is 0 Å². The van der Waals surface area contributed by atoms with Gasteiger partial charge in [-0.25, -0.2) is 0 Å². The molecule has 1 aliphatic heterocycles. The van der Waals surface area contributed by atoms with E-state index in [1.807, 2.05) is 24.3 Å². The molecule has 0 atom stereocenters. The number of nitrogens with one attached hydrogen (secondary N) is 2. The average molecular weight is 313 g/mol. The SMILES string of the molecule is O=Cc1c(NCCN2CCCCCC2)c2ccccc2[nH]c1=O. The number of fused-ring (bicyclic) bond motifs is 1. The topological polar surface area (TPSA) is 65.2 Å². The van der Waals surface area contributed by atoms with E-state index in [0.29, 0.717) is 12.0 Å². The van der Waals surface area contributed by atoms with Gasteiger partial charge < -0.3 is 15.2 Å². The number of rotatable bonds is 5. The van der Waals surface area contributed by atoms with Gasteiger partial charge in [-0.3, -0.25) is 9.59 Å². The third-order valence-electron chi connectivity index (χ3n) is 4.50. The molecule has 122 valence electrons. The Morgan fingerprint density at radius 3 is 2.61 bits per heavy atom. The largest absolute Gasteiger partial charge is 0.382 e. The lowest BCUT2D eigenvalue weighted by Gasteiger charge is -2.20. The first-order valence-corrected chi connectivity index (χ1v) is 8.36. The standard InChI is InChI=1S/C18H23N3O2/c22-13-15-17(14-7-3-4-8-16(14)20-18(15)23)19-9-12-21-10-5-1-2-6-11-21/h3-4,7-8,13H,1-2,5-6,9-12H2,(H2,19,20,23). The van der Waals surface area contributed by atoms with E-state index in [4.69, 9.17) is 0 Å². The van der Waals surface area contributed by atoms with Gasteiger partial charge in [0.15, 0.2) is 6.29 Å². The summed E-state index contributed by atoms with van der Waals surface area (Å²) in [4.78, 5) is 28.6. The van der Waals surface area contributed by atoms with E-state index >= 15 is 0 Å². The highest BCUT2D eigenvalue weighted by molar-refractivity contribution is 5.99. The zero-order valence-corrected chi connectivity index (χ0v) is 13.3. The molecule has 1 aromatic heterocycles. The number of likely N-dealkylation sites (tertiary alicyclic amines) is 1. The maximum Gasteiger partial charge on any atom is 0.261 e. The molecule has 0 bridgehead atoms. The third kappa shape index (κ3) is 3.62. The molecular weight excluding hydrogens is 290 g/mol. The number of pyridine rings is 1. The van der Waals surface area contributed by atoms with Gasteiger partial charge in [0, 0.05) is 18.5 Å². The molecule has 0 unspecified atom stereocenters. The van der Waals surface area contributed by atoms with Crippen molar-refractivity contribution in [2.75, 3.05) is 31.5 Å². The Morgan fingerprint density at radius 1 is 1.13 bits per heavy atom. The van der Waals surface area contributed by atoms with Crippen LogP contribution in [-0.4, -0.2) is 42.3 Å². The van der Waals surface area contributed by atoms with Gasteiger partial charge in [-0.2, -0.15) is 0 Å². The Bertz CT molecular complexity index is 731. The fourth-order valence-corrected chi connectivity index (χ4v) is 3.26. The van der Waals surface area contributed by atoms with Crippen LogP contribution in [0.25, 0.3) is 10.9 Å². The van der Waals surface area contributed by atoms with Crippen molar-refractivity contribution in [3.63, 3.8) is 0 Å². The Balaban J connectivity index is 1.78.